The van der Waals surface area contributed by atoms with Crippen molar-refractivity contribution in [3.63, 3.8) is 0 Å². The molecule has 0 saturated carbocycles. The smallest absolute Gasteiger partial charge is 0.166 e. The van der Waals surface area contributed by atoms with Crippen molar-refractivity contribution in [2.45, 2.75) is 26.2 Å². The van der Waals surface area contributed by atoms with Crippen LogP contribution in [-0.4, -0.2) is 24.5 Å². The fourth-order valence-electron chi connectivity index (χ4n) is 6.26. The van der Waals surface area contributed by atoms with Crippen molar-refractivity contribution in [2.75, 3.05) is 0 Å². The summed E-state index contributed by atoms with van der Waals surface area (Å²) in [4.78, 5) is 19.5. The fourth-order valence-corrected chi connectivity index (χ4v) is 6.26. The first-order valence-corrected chi connectivity index (χ1v) is 15.9. The number of fused-ring (bicyclic) bond motifs is 3. The number of rotatable bonds is 5. The summed E-state index contributed by atoms with van der Waals surface area (Å²) in [5.41, 5.74) is 9.52. The molecule has 3 heterocycles. The number of pyridine rings is 1. The van der Waals surface area contributed by atoms with Crippen LogP contribution in [0.4, 0.5) is 0 Å². The van der Waals surface area contributed by atoms with Crippen molar-refractivity contribution < 1.29 is 0 Å². The Labute approximate surface area is 274 Å². The average Bonchev–Trinajstić information content (AvgIpc) is 3.45. The van der Waals surface area contributed by atoms with Crippen LogP contribution in [0.2, 0.25) is 0 Å². The van der Waals surface area contributed by atoms with Crippen LogP contribution in [0, 0.1) is 0 Å². The zero-order valence-corrected chi connectivity index (χ0v) is 26.6. The highest BCUT2D eigenvalue weighted by Gasteiger charge is 2.22. The third-order valence-electron chi connectivity index (χ3n) is 8.73. The molecule has 0 fully saturated rings. The van der Waals surface area contributed by atoms with Gasteiger partial charge in [-0.25, -0.2) is 15.0 Å². The summed E-state index contributed by atoms with van der Waals surface area (Å²) in [6.45, 7) is 6.78. The molecule has 0 unspecified atom stereocenters. The Hall–Kier alpha value is -5.94. The van der Waals surface area contributed by atoms with Gasteiger partial charge in [0, 0.05) is 39.9 Å². The van der Waals surface area contributed by atoms with Gasteiger partial charge in [-0.2, -0.15) is 0 Å². The zero-order valence-electron chi connectivity index (χ0n) is 26.6. The predicted octanol–water partition coefficient (Wildman–Crippen LogP) is 10.3. The molecule has 0 aliphatic carbocycles. The molecule has 8 rings (SSSR count). The third-order valence-corrected chi connectivity index (χ3v) is 8.73. The van der Waals surface area contributed by atoms with Gasteiger partial charge in [0.2, 0.25) is 0 Å². The number of aromatic nitrogens is 5. The molecule has 5 heteroatoms. The molecule has 5 nitrogen and oxygen atoms in total. The Bertz CT molecular complexity index is 2310. The highest BCUT2D eigenvalue weighted by atomic mass is 15.1. The van der Waals surface area contributed by atoms with Gasteiger partial charge in [-0.15, -0.1) is 0 Å². The van der Waals surface area contributed by atoms with E-state index in [0.29, 0.717) is 17.5 Å². The molecule has 5 aromatic carbocycles. The van der Waals surface area contributed by atoms with Gasteiger partial charge in [0.15, 0.2) is 17.5 Å². The standard InChI is InChI=1S/C42H33N5/c1-42(2,3)32-19-21-34-33-16-10-11-17-36(33)47(38(34)27-32)37-26-31(28-22-24-43-25-23-28)18-20-35(37)41-45-39(29-12-6-4-7-13-29)44-40(46-41)30-14-8-5-9-15-30/h4-27H,1-3H3. The van der Waals surface area contributed by atoms with Crippen LogP contribution in [0.3, 0.4) is 0 Å². The van der Waals surface area contributed by atoms with E-state index >= 15 is 0 Å². The van der Waals surface area contributed by atoms with Gasteiger partial charge in [0.1, 0.15) is 0 Å². The van der Waals surface area contributed by atoms with Gasteiger partial charge in [-0.1, -0.05) is 118 Å². The van der Waals surface area contributed by atoms with Crippen LogP contribution < -0.4 is 0 Å². The maximum Gasteiger partial charge on any atom is 0.166 e. The van der Waals surface area contributed by atoms with E-state index in [1.165, 1.54) is 16.3 Å². The summed E-state index contributed by atoms with van der Waals surface area (Å²) < 4.78 is 2.38. The molecule has 0 N–H and O–H groups in total. The van der Waals surface area contributed by atoms with Crippen molar-refractivity contribution in [3.8, 4) is 51.0 Å². The van der Waals surface area contributed by atoms with E-state index in [4.69, 9.17) is 15.0 Å². The number of hydrogen-bond donors (Lipinski definition) is 0. The topological polar surface area (TPSA) is 56.5 Å². The lowest BCUT2D eigenvalue weighted by molar-refractivity contribution is 0.591. The first-order valence-electron chi connectivity index (χ1n) is 15.9. The molecule has 47 heavy (non-hydrogen) atoms. The Balaban J connectivity index is 1.47. The Kier molecular flexibility index (Phi) is 6.95. The summed E-state index contributed by atoms with van der Waals surface area (Å²) in [7, 11) is 0. The summed E-state index contributed by atoms with van der Waals surface area (Å²) in [5, 5.41) is 2.41. The van der Waals surface area contributed by atoms with Crippen LogP contribution in [0.25, 0.3) is 72.8 Å². The number of hydrogen-bond acceptors (Lipinski definition) is 4. The van der Waals surface area contributed by atoms with Crippen molar-refractivity contribution >= 4 is 21.8 Å². The van der Waals surface area contributed by atoms with E-state index in [0.717, 1.165) is 44.5 Å². The minimum atomic E-state index is -0.0133. The Morgan fingerprint density at radius 2 is 1.06 bits per heavy atom. The van der Waals surface area contributed by atoms with Gasteiger partial charge in [0.25, 0.3) is 0 Å². The van der Waals surface area contributed by atoms with Crippen LogP contribution >= 0.6 is 0 Å². The van der Waals surface area contributed by atoms with Crippen molar-refractivity contribution in [2.24, 2.45) is 0 Å². The maximum absolute atomic E-state index is 5.14. The lowest BCUT2D eigenvalue weighted by Crippen LogP contribution is -2.11. The first kappa shape index (κ1) is 28.5. The molecule has 0 aliphatic rings. The summed E-state index contributed by atoms with van der Waals surface area (Å²) in [5.74, 6) is 1.89. The first-order chi connectivity index (χ1) is 22.9. The molecule has 0 bridgehead atoms. The number of nitrogens with zero attached hydrogens (tertiary/aromatic N) is 5. The van der Waals surface area contributed by atoms with Gasteiger partial charge in [0.05, 0.1) is 16.7 Å². The Morgan fingerprint density at radius 1 is 0.468 bits per heavy atom. The van der Waals surface area contributed by atoms with E-state index in [9.17, 15) is 0 Å². The van der Waals surface area contributed by atoms with Gasteiger partial charge in [-0.05, 0) is 58.5 Å². The van der Waals surface area contributed by atoms with Gasteiger partial charge >= 0.3 is 0 Å². The predicted molar refractivity (Wildman–Crippen MR) is 192 cm³/mol. The zero-order chi connectivity index (χ0) is 32.0. The molecular weight excluding hydrogens is 574 g/mol. The quantitative estimate of drug-likeness (QED) is 0.195. The summed E-state index contributed by atoms with van der Waals surface area (Å²) in [6, 6.07) is 46.4. The van der Waals surface area contributed by atoms with Gasteiger partial charge < -0.3 is 4.57 Å². The van der Waals surface area contributed by atoms with E-state index in [1.54, 1.807) is 0 Å². The molecule has 0 atom stereocenters. The maximum atomic E-state index is 5.14. The van der Waals surface area contributed by atoms with Crippen LogP contribution in [0.1, 0.15) is 26.3 Å². The molecule has 0 spiro atoms. The molecule has 0 aliphatic heterocycles. The van der Waals surface area contributed by atoms with Crippen molar-refractivity contribution in [1.82, 2.24) is 24.5 Å². The van der Waals surface area contributed by atoms with Crippen LogP contribution in [0.5, 0.6) is 0 Å². The highest BCUT2D eigenvalue weighted by molar-refractivity contribution is 6.10. The van der Waals surface area contributed by atoms with E-state index in [1.807, 2.05) is 85.2 Å². The molecule has 8 aromatic rings. The lowest BCUT2D eigenvalue weighted by Gasteiger charge is -2.20. The second kappa shape index (κ2) is 11.5. The molecule has 3 aromatic heterocycles. The minimum absolute atomic E-state index is 0.0133. The minimum Gasteiger partial charge on any atom is -0.308 e. The average molecular weight is 608 g/mol. The molecule has 0 radical (unpaired) electrons. The van der Waals surface area contributed by atoms with Gasteiger partial charge in [-0.3, -0.25) is 4.98 Å². The SMILES string of the molecule is CC(C)(C)c1ccc2c3ccccc3n(-c3cc(-c4ccncc4)ccc3-c3nc(-c4ccccc4)nc(-c4ccccc4)n3)c2c1. The lowest BCUT2D eigenvalue weighted by atomic mass is 9.86. The highest BCUT2D eigenvalue weighted by Crippen LogP contribution is 2.39. The summed E-state index contributed by atoms with van der Waals surface area (Å²) in [6.07, 6.45) is 3.67. The van der Waals surface area contributed by atoms with E-state index in [2.05, 4.69) is 91.0 Å². The molecule has 226 valence electrons. The van der Waals surface area contributed by atoms with Crippen LogP contribution in [0.15, 0.2) is 146 Å². The second-order valence-corrected chi connectivity index (χ2v) is 12.8. The number of benzene rings is 5. The normalized spacial score (nSPS) is 11.7. The summed E-state index contributed by atoms with van der Waals surface area (Å²) >= 11 is 0. The van der Waals surface area contributed by atoms with Crippen molar-refractivity contribution in [3.05, 3.63) is 151 Å². The largest absolute Gasteiger partial charge is 0.308 e. The van der Waals surface area contributed by atoms with Crippen LogP contribution in [-0.2, 0) is 5.41 Å². The molecule has 0 saturated heterocycles. The van der Waals surface area contributed by atoms with Crippen molar-refractivity contribution in [1.29, 1.82) is 0 Å². The second-order valence-electron chi connectivity index (χ2n) is 12.8. The monoisotopic (exact) mass is 607 g/mol. The third kappa shape index (κ3) is 5.26. The van der Waals surface area contributed by atoms with E-state index < -0.39 is 0 Å². The Morgan fingerprint density at radius 3 is 1.72 bits per heavy atom. The number of para-hydroxylation sites is 1. The fraction of sp³-hybridized carbons (Fsp3) is 0.0952. The van der Waals surface area contributed by atoms with E-state index in [-0.39, 0.29) is 5.41 Å². The molecular formula is C42H33N5. The molecule has 0 amide bonds.